The van der Waals surface area contributed by atoms with Gasteiger partial charge in [0.2, 0.25) is 0 Å². The van der Waals surface area contributed by atoms with Crippen LogP contribution in [-0.2, 0) is 10.0 Å². The van der Waals surface area contributed by atoms with Gasteiger partial charge in [0.15, 0.2) is 5.82 Å². The second kappa shape index (κ2) is 5.45. The van der Waals surface area contributed by atoms with Gasteiger partial charge in [-0.1, -0.05) is 30.3 Å². The van der Waals surface area contributed by atoms with Crippen molar-refractivity contribution in [3.8, 4) is 11.4 Å². The van der Waals surface area contributed by atoms with Gasteiger partial charge in [0.1, 0.15) is 6.34 Å². The number of benzene rings is 1. The van der Waals surface area contributed by atoms with Crippen molar-refractivity contribution in [2.45, 2.75) is 4.34 Å². The number of rotatable bonds is 4. The fourth-order valence-corrected chi connectivity index (χ4v) is 2.88. The molecule has 0 saturated carbocycles. The van der Waals surface area contributed by atoms with Crippen molar-refractivity contribution < 1.29 is 8.42 Å². The lowest BCUT2D eigenvalue weighted by molar-refractivity contribution is 0.594. The van der Waals surface area contributed by atoms with E-state index in [2.05, 4.69) is 13.8 Å². The first-order valence-corrected chi connectivity index (χ1v) is 7.56. The van der Waals surface area contributed by atoms with Crippen molar-refractivity contribution in [3.05, 3.63) is 30.3 Å². The molecular formula is C11H12N4O2S2. The highest BCUT2D eigenvalue weighted by atomic mass is 32.2. The SMILES string of the molecule is CN(C)/C=N/S(=O)(=O)c1nc(-c2ccccc2)ns1. The Morgan fingerprint density at radius 3 is 2.58 bits per heavy atom. The Morgan fingerprint density at radius 1 is 1.26 bits per heavy atom. The normalized spacial score (nSPS) is 11.9. The Labute approximate surface area is 115 Å². The summed E-state index contributed by atoms with van der Waals surface area (Å²) in [5, 5.41) is 0. The molecule has 0 atom stereocenters. The average molecular weight is 296 g/mol. The molecule has 19 heavy (non-hydrogen) atoms. The summed E-state index contributed by atoms with van der Waals surface area (Å²) in [5.74, 6) is 0.393. The van der Waals surface area contributed by atoms with E-state index in [4.69, 9.17) is 0 Å². The van der Waals surface area contributed by atoms with E-state index in [1.165, 1.54) is 11.2 Å². The molecule has 2 rings (SSSR count). The highest BCUT2D eigenvalue weighted by Gasteiger charge is 2.19. The minimum Gasteiger partial charge on any atom is -0.368 e. The number of nitrogens with zero attached hydrogens (tertiary/aromatic N) is 4. The van der Waals surface area contributed by atoms with Gasteiger partial charge in [-0.2, -0.15) is 12.8 Å². The molecule has 1 aromatic heterocycles. The minimum atomic E-state index is -3.77. The minimum absolute atomic E-state index is 0.107. The fourth-order valence-electron chi connectivity index (χ4n) is 1.22. The molecule has 0 aliphatic rings. The van der Waals surface area contributed by atoms with Gasteiger partial charge >= 0.3 is 10.0 Å². The van der Waals surface area contributed by atoms with E-state index in [1.807, 2.05) is 30.3 Å². The van der Waals surface area contributed by atoms with Crippen LogP contribution >= 0.6 is 11.5 Å². The highest BCUT2D eigenvalue weighted by molar-refractivity contribution is 7.92. The molecule has 6 nitrogen and oxygen atoms in total. The molecule has 0 radical (unpaired) electrons. The first-order valence-electron chi connectivity index (χ1n) is 5.35. The van der Waals surface area contributed by atoms with E-state index >= 15 is 0 Å². The smallest absolute Gasteiger partial charge is 0.312 e. The van der Waals surface area contributed by atoms with Crippen molar-refractivity contribution in [2.24, 2.45) is 4.40 Å². The van der Waals surface area contributed by atoms with Crippen LogP contribution in [0.25, 0.3) is 11.4 Å². The standard InChI is InChI=1S/C11H12N4O2S2/c1-15(2)8-12-19(16,17)11-13-10(14-18-11)9-6-4-3-5-7-9/h3-8H,1-2H3/b12-8+. The highest BCUT2D eigenvalue weighted by Crippen LogP contribution is 2.21. The van der Waals surface area contributed by atoms with Crippen LogP contribution in [0.2, 0.25) is 0 Å². The van der Waals surface area contributed by atoms with Crippen LogP contribution in [0.1, 0.15) is 0 Å². The number of aromatic nitrogens is 2. The summed E-state index contributed by atoms with van der Waals surface area (Å²) < 4.78 is 31.2. The van der Waals surface area contributed by atoms with E-state index in [1.54, 1.807) is 14.1 Å². The number of sulfonamides is 1. The molecular weight excluding hydrogens is 284 g/mol. The van der Waals surface area contributed by atoms with Crippen LogP contribution in [0.3, 0.4) is 0 Å². The van der Waals surface area contributed by atoms with Crippen LogP contribution in [0, 0.1) is 0 Å². The van der Waals surface area contributed by atoms with E-state index in [-0.39, 0.29) is 4.34 Å². The van der Waals surface area contributed by atoms with Gasteiger partial charge in [0.25, 0.3) is 4.34 Å². The molecule has 100 valence electrons. The largest absolute Gasteiger partial charge is 0.368 e. The lowest BCUT2D eigenvalue weighted by Crippen LogP contribution is -2.10. The third-order valence-electron chi connectivity index (χ3n) is 2.08. The lowest BCUT2D eigenvalue weighted by Gasteiger charge is -2.00. The van der Waals surface area contributed by atoms with Crippen LogP contribution in [0.4, 0.5) is 0 Å². The topological polar surface area (TPSA) is 75.5 Å². The van der Waals surface area contributed by atoms with Gasteiger partial charge in [0.05, 0.1) is 0 Å². The van der Waals surface area contributed by atoms with Crippen molar-refractivity contribution in [3.63, 3.8) is 0 Å². The molecule has 0 unspecified atom stereocenters. The van der Waals surface area contributed by atoms with E-state index in [0.29, 0.717) is 5.82 Å². The van der Waals surface area contributed by atoms with Crippen molar-refractivity contribution in [1.29, 1.82) is 0 Å². The number of hydrogen-bond donors (Lipinski definition) is 0. The third-order valence-corrected chi connectivity index (χ3v) is 4.35. The van der Waals surface area contributed by atoms with Crippen molar-refractivity contribution in [1.82, 2.24) is 14.3 Å². The molecule has 1 heterocycles. The van der Waals surface area contributed by atoms with Crippen molar-refractivity contribution in [2.75, 3.05) is 14.1 Å². The molecule has 0 saturated heterocycles. The molecule has 0 aliphatic carbocycles. The lowest BCUT2D eigenvalue weighted by atomic mass is 10.2. The first-order chi connectivity index (χ1) is 8.99. The van der Waals surface area contributed by atoms with Crippen LogP contribution in [0.15, 0.2) is 39.1 Å². The van der Waals surface area contributed by atoms with E-state index in [0.717, 1.165) is 17.1 Å². The molecule has 0 N–H and O–H groups in total. The molecule has 0 amide bonds. The zero-order valence-electron chi connectivity index (χ0n) is 10.4. The maximum absolute atomic E-state index is 11.9. The second-order valence-corrected chi connectivity index (χ2v) is 6.47. The molecule has 0 fully saturated rings. The monoisotopic (exact) mass is 296 g/mol. The van der Waals surface area contributed by atoms with Crippen LogP contribution < -0.4 is 0 Å². The summed E-state index contributed by atoms with van der Waals surface area (Å²) in [6, 6.07) is 9.20. The van der Waals surface area contributed by atoms with Gasteiger partial charge in [-0.05, 0) is 0 Å². The zero-order chi connectivity index (χ0) is 13.9. The Kier molecular flexibility index (Phi) is 3.91. The Balaban J connectivity index is 2.32. The summed E-state index contributed by atoms with van der Waals surface area (Å²) in [5.41, 5.74) is 0.775. The van der Waals surface area contributed by atoms with Crippen LogP contribution in [-0.4, -0.2) is 43.1 Å². The summed E-state index contributed by atoms with van der Waals surface area (Å²) in [6.45, 7) is 0. The predicted molar refractivity (Wildman–Crippen MR) is 74.7 cm³/mol. The first kappa shape index (κ1) is 13.6. The van der Waals surface area contributed by atoms with Gasteiger partial charge in [-0.25, -0.2) is 4.98 Å². The van der Waals surface area contributed by atoms with E-state index < -0.39 is 10.0 Å². The average Bonchev–Trinajstić information content (AvgIpc) is 2.88. The van der Waals surface area contributed by atoms with Gasteiger partial charge in [0, 0.05) is 31.2 Å². The van der Waals surface area contributed by atoms with Gasteiger partial charge in [-0.3, -0.25) is 0 Å². The summed E-state index contributed by atoms with van der Waals surface area (Å²) in [7, 11) is -0.392. The molecule has 1 aromatic carbocycles. The molecule has 0 aliphatic heterocycles. The molecule has 8 heteroatoms. The number of hydrogen-bond acceptors (Lipinski definition) is 5. The maximum atomic E-state index is 11.9. The van der Waals surface area contributed by atoms with Gasteiger partial charge in [-0.15, -0.1) is 4.40 Å². The summed E-state index contributed by atoms with van der Waals surface area (Å²) in [4.78, 5) is 5.56. The molecule has 2 aromatic rings. The second-order valence-electron chi connectivity index (χ2n) is 3.91. The Hall–Kier alpha value is -1.80. The fraction of sp³-hybridized carbons (Fsp3) is 0.182. The van der Waals surface area contributed by atoms with Crippen LogP contribution in [0.5, 0.6) is 0 Å². The third kappa shape index (κ3) is 3.36. The quantitative estimate of drug-likeness (QED) is 0.631. The summed E-state index contributed by atoms with van der Waals surface area (Å²) >= 11 is 0.822. The molecule has 0 bridgehead atoms. The Bertz CT molecular complexity index is 678. The Morgan fingerprint density at radius 2 is 1.95 bits per heavy atom. The maximum Gasteiger partial charge on any atom is 0.312 e. The van der Waals surface area contributed by atoms with Crippen molar-refractivity contribution >= 4 is 27.9 Å². The zero-order valence-corrected chi connectivity index (χ0v) is 12.0. The summed E-state index contributed by atoms with van der Waals surface area (Å²) in [6.07, 6.45) is 1.22. The van der Waals surface area contributed by atoms with Gasteiger partial charge < -0.3 is 4.90 Å². The molecule has 0 spiro atoms. The van der Waals surface area contributed by atoms with E-state index in [9.17, 15) is 8.42 Å². The predicted octanol–water partition coefficient (Wildman–Crippen LogP) is 1.48.